The number of fused-ring (bicyclic) bond motifs is 1. The van der Waals surface area contributed by atoms with Gasteiger partial charge in [-0.25, -0.2) is 0 Å². The zero-order chi connectivity index (χ0) is 6.97. The van der Waals surface area contributed by atoms with Crippen LogP contribution >= 0.6 is 0 Å². The summed E-state index contributed by atoms with van der Waals surface area (Å²) < 4.78 is 10.2. The van der Waals surface area contributed by atoms with Gasteiger partial charge in [-0.3, -0.25) is 0 Å². The molecule has 3 N–H and O–H groups in total. The summed E-state index contributed by atoms with van der Waals surface area (Å²) in [6.07, 6.45) is 0. The lowest BCUT2D eigenvalue weighted by Crippen LogP contribution is -2.39. The lowest BCUT2D eigenvalue weighted by Gasteiger charge is -1.92. The normalized spacial score (nSPS) is 13.7. The lowest BCUT2D eigenvalue weighted by molar-refractivity contribution is -0.254. The number of hydrogen-bond donors (Lipinski definition) is 1. The molecule has 1 aliphatic heterocycles. The number of hydrogen-bond acceptors (Lipinski definition) is 2. The molecule has 3 nitrogen and oxygen atoms in total. The molecule has 0 bridgehead atoms. The van der Waals surface area contributed by atoms with Gasteiger partial charge in [-0.2, -0.15) is 0 Å². The molecule has 0 aromatic heterocycles. The summed E-state index contributed by atoms with van der Waals surface area (Å²) in [7, 11) is 0. The number of benzene rings is 1. The van der Waals surface area contributed by atoms with Gasteiger partial charge >= 0.3 is 0 Å². The second kappa shape index (κ2) is 1.88. The second-order valence-corrected chi connectivity index (χ2v) is 2.19. The fraction of sp³-hybridized carbons (Fsp3) is 0.143. The largest absolute Gasteiger partial charge is 0.454 e. The minimum absolute atomic E-state index is 0.332. The average Bonchev–Trinajstić information content (AvgIpc) is 2.33. The van der Waals surface area contributed by atoms with Gasteiger partial charge in [0.2, 0.25) is 6.79 Å². The fourth-order valence-electron chi connectivity index (χ4n) is 0.941. The highest BCUT2D eigenvalue weighted by molar-refractivity contribution is 5.48. The highest BCUT2D eigenvalue weighted by Gasteiger charge is 2.12. The van der Waals surface area contributed by atoms with Crippen LogP contribution in [0.2, 0.25) is 0 Å². The molecule has 1 aromatic rings. The molecular weight excluding hydrogens is 130 g/mol. The van der Waals surface area contributed by atoms with Crippen molar-refractivity contribution in [1.29, 1.82) is 0 Å². The SMILES string of the molecule is [NH3+]c1ccc2c(c1)OCO2. The molecule has 10 heavy (non-hydrogen) atoms. The van der Waals surface area contributed by atoms with Gasteiger partial charge in [0.15, 0.2) is 11.5 Å². The van der Waals surface area contributed by atoms with Gasteiger partial charge in [0, 0.05) is 12.1 Å². The summed E-state index contributed by atoms with van der Waals surface area (Å²) in [5.74, 6) is 1.61. The van der Waals surface area contributed by atoms with Crippen molar-refractivity contribution in [3.63, 3.8) is 0 Å². The fourth-order valence-corrected chi connectivity index (χ4v) is 0.941. The van der Waals surface area contributed by atoms with Crippen molar-refractivity contribution >= 4 is 5.69 Å². The zero-order valence-corrected chi connectivity index (χ0v) is 5.46. The van der Waals surface area contributed by atoms with Crippen LogP contribution in [0.5, 0.6) is 11.5 Å². The highest BCUT2D eigenvalue weighted by Crippen LogP contribution is 2.32. The van der Waals surface area contributed by atoms with Crippen LogP contribution < -0.4 is 15.2 Å². The Morgan fingerprint density at radius 2 is 2.00 bits per heavy atom. The molecule has 52 valence electrons. The molecule has 0 amide bonds. The van der Waals surface area contributed by atoms with Crippen molar-refractivity contribution in [1.82, 2.24) is 0 Å². The number of quaternary nitrogens is 1. The summed E-state index contributed by atoms with van der Waals surface area (Å²) in [5.41, 5.74) is 4.71. The number of ether oxygens (including phenoxy) is 2. The van der Waals surface area contributed by atoms with E-state index in [1.54, 1.807) is 0 Å². The van der Waals surface area contributed by atoms with E-state index in [9.17, 15) is 0 Å². The Labute approximate surface area is 58.4 Å². The topological polar surface area (TPSA) is 46.1 Å². The summed E-state index contributed by atoms with van der Waals surface area (Å²) in [5, 5.41) is 0. The monoisotopic (exact) mass is 138 g/mol. The third-order valence-corrected chi connectivity index (χ3v) is 1.44. The second-order valence-electron chi connectivity index (χ2n) is 2.19. The molecule has 0 spiro atoms. The summed E-state index contributed by atoms with van der Waals surface area (Å²) in [6.45, 7) is 0.332. The Hall–Kier alpha value is -1.22. The molecule has 2 rings (SSSR count). The van der Waals surface area contributed by atoms with Gasteiger partial charge < -0.3 is 15.2 Å². The zero-order valence-electron chi connectivity index (χ0n) is 5.46. The molecule has 0 radical (unpaired) electrons. The lowest BCUT2D eigenvalue weighted by atomic mass is 10.3. The molecule has 1 heterocycles. The molecule has 0 atom stereocenters. The molecule has 0 saturated carbocycles. The van der Waals surface area contributed by atoms with E-state index in [1.165, 1.54) is 0 Å². The van der Waals surface area contributed by atoms with Gasteiger partial charge in [0.05, 0.1) is 0 Å². The smallest absolute Gasteiger partial charge is 0.231 e. The van der Waals surface area contributed by atoms with Crippen LogP contribution in [0.15, 0.2) is 18.2 Å². The predicted octanol–water partition coefficient (Wildman–Crippen LogP) is 0.289. The summed E-state index contributed by atoms with van der Waals surface area (Å²) in [4.78, 5) is 0. The van der Waals surface area contributed by atoms with E-state index in [0.717, 1.165) is 17.2 Å². The van der Waals surface area contributed by atoms with E-state index < -0.39 is 0 Å². The highest BCUT2D eigenvalue weighted by atomic mass is 16.7. The first-order valence-electron chi connectivity index (χ1n) is 3.08. The Morgan fingerprint density at radius 3 is 2.90 bits per heavy atom. The van der Waals surface area contributed by atoms with Crippen LogP contribution in [0.3, 0.4) is 0 Å². The van der Waals surface area contributed by atoms with Gasteiger partial charge in [0.25, 0.3) is 0 Å². The number of rotatable bonds is 0. The minimum Gasteiger partial charge on any atom is -0.454 e. The maximum atomic E-state index is 5.12. The Bertz CT molecular complexity index is 260. The molecule has 1 aromatic carbocycles. The van der Waals surface area contributed by atoms with E-state index in [1.807, 2.05) is 18.2 Å². The van der Waals surface area contributed by atoms with E-state index in [0.29, 0.717) is 6.79 Å². The van der Waals surface area contributed by atoms with Crippen LogP contribution in [-0.2, 0) is 0 Å². The molecule has 0 fully saturated rings. The van der Waals surface area contributed by atoms with Crippen LogP contribution in [-0.4, -0.2) is 6.79 Å². The Kier molecular flexibility index (Phi) is 1.05. The maximum absolute atomic E-state index is 5.12. The summed E-state index contributed by atoms with van der Waals surface area (Å²) >= 11 is 0. The van der Waals surface area contributed by atoms with Crippen LogP contribution in [0, 0.1) is 0 Å². The van der Waals surface area contributed by atoms with Gasteiger partial charge in [-0.15, -0.1) is 0 Å². The first-order chi connectivity index (χ1) is 4.86. The van der Waals surface area contributed by atoms with Crippen molar-refractivity contribution < 1.29 is 15.2 Å². The van der Waals surface area contributed by atoms with Crippen molar-refractivity contribution in [2.45, 2.75) is 0 Å². The third-order valence-electron chi connectivity index (χ3n) is 1.44. The van der Waals surface area contributed by atoms with Crippen LogP contribution in [0.1, 0.15) is 0 Å². The molecule has 0 unspecified atom stereocenters. The first-order valence-corrected chi connectivity index (χ1v) is 3.08. The molecule has 1 aliphatic rings. The average molecular weight is 138 g/mol. The quantitative estimate of drug-likeness (QED) is 0.560. The van der Waals surface area contributed by atoms with Crippen LogP contribution in [0.4, 0.5) is 5.69 Å². The van der Waals surface area contributed by atoms with Gasteiger partial charge in [0.1, 0.15) is 5.69 Å². The molecule has 0 aliphatic carbocycles. The predicted molar refractivity (Wildman–Crippen MR) is 35.1 cm³/mol. The Morgan fingerprint density at radius 1 is 1.20 bits per heavy atom. The third kappa shape index (κ3) is 0.717. The summed E-state index contributed by atoms with van der Waals surface area (Å²) in [6, 6.07) is 5.63. The molecule has 3 heteroatoms. The Balaban J connectivity index is 2.52. The van der Waals surface area contributed by atoms with E-state index in [4.69, 9.17) is 9.47 Å². The van der Waals surface area contributed by atoms with Crippen molar-refractivity contribution in [3.8, 4) is 11.5 Å². The van der Waals surface area contributed by atoms with E-state index >= 15 is 0 Å². The standard InChI is InChI=1S/C7H7NO2/c8-5-1-2-6-7(3-5)10-4-9-6/h1-3H,4,8H2/p+1. The van der Waals surface area contributed by atoms with Crippen LogP contribution in [0.25, 0.3) is 0 Å². The van der Waals surface area contributed by atoms with Crippen molar-refractivity contribution in [2.75, 3.05) is 6.79 Å². The maximum Gasteiger partial charge on any atom is 0.231 e. The van der Waals surface area contributed by atoms with Crippen molar-refractivity contribution in [2.24, 2.45) is 0 Å². The molecule has 0 saturated heterocycles. The minimum atomic E-state index is 0.332. The van der Waals surface area contributed by atoms with E-state index in [2.05, 4.69) is 5.73 Å². The van der Waals surface area contributed by atoms with Crippen molar-refractivity contribution in [3.05, 3.63) is 18.2 Å². The molecular formula is C7H8NO2+. The first kappa shape index (κ1) is 5.56. The van der Waals surface area contributed by atoms with Gasteiger partial charge in [-0.1, -0.05) is 0 Å². The van der Waals surface area contributed by atoms with Gasteiger partial charge in [-0.05, 0) is 6.07 Å². The van der Waals surface area contributed by atoms with E-state index in [-0.39, 0.29) is 0 Å².